The van der Waals surface area contributed by atoms with Gasteiger partial charge in [0.1, 0.15) is 0 Å². The molecule has 0 unspecified atom stereocenters. The van der Waals surface area contributed by atoms with Crippen molar-refractivity contribution >= 4 is 27.7 Å². The predicted molar refractivity (Wildman–Crippen MR) is 78.7 cm³/mol. The van der Waals surface area contributed by atoms with E-state index < -0.39 is 20.2 Å². The average molecular weight is 336 g/mol. The fourth-order valence-electron chi connectivity index (χ4n) is 2.12. The molecule has 0 aliphatic heterocycles. The molecule has 0 amide bonds. The van der Waals surface area contributed by atoms with Gasteiger partial charge in [0.2, 0.25) is 0 Å². The summed E-state index contributed by atoms with van der Waals surface area (Å²) in [5.74, 6) is 0.422. The number of rotatable bonds is 4. The maximum absolute atomic E-state index is 12.5. The van der Waals surface area contributed by atoms with Crippen molar-refractivity contribution in [3.05, 3.63) is 35.9 Å². The summed E-state index contributed by atoms with van der Waals surface area (Å²) in [6.45, 7) is 0. The number of benzene rings is 1. The number of hydrogen-bond acceptors (Lipinski definition) is 3. The Labute approximate surface area is 126 Å². The molecule has 21 heavy (non-hydrogen) atoms. The van der Waals surface area contributed by atoms with Crippen LogP contribution in [-0.2, 0) is 9.84 Å². The van der Waals surface area contributed by atoms with Crippen molar-refractivity contribution in [3.8, 4) is 0 Å². The first-order valence-corrected chi connectivity index (χ1v) is 9.13. The normalized spacial score (nSPS) is 23.2. The van der Waals surface area contributed by atoms with Crippen molar-refractivity contribution in [2.24, 2.45) is 5.92 Å². The Kier molecular flexibility index (Phi) is 4.72. The molecule has 0 atom stereocenters. The SMILES string of the molecule is CSC1CC(/C=C/c2cccc(S(=O)(=O)C(F)(F)F)c2)C1. The van der Waals surface area contributed by atoms with Crippen molar-refractivity contribution in [1.82, 2.24) is 0 Å². The van der Waals surface area contributed by atoms with Crippen LogP contribution in [-0.4, -0.2) is 25.4 Å². The molecule has 1 aromatic rings. The summed E-state index contributed by atoms with van der Waals surface area (Å²) in [7, 11) is -5.28. The van der Waals surface area contributed by atoms with Gasteiger partial charge >= 0.3 is 5.51 Å². The molecule has 116 valence electrons. The lowest BCUT2D eigenvalue weighted by Gasteiger charge is -2.31. The summed E-state index contributed by atoms with van der Waals surface area (Å²) in [6.07, 6.45) is 7.79. The van der Waals surface area contributed by atoms with Gasteiger partial charge in [-0.05, 0) is 42.7 Å². The Hall–Kier alpha value is -0.950. The second kappa shape index (κ2) is 6.04. The van der Waals surface area contributed by atoms with Gasteiger partial charge in [-0.1, -0.05) is 24.3 Å². The molecule has 2 rings (SSSR count). The minimum atomic E-state index is -5.28. The molecule has 1 aliphatic rings. The van der Waals surface area contributed by atoms with E-state index in [1.165, 1.54) is 6.07 Å². The lowest BCUT2D eigenvalue weighted by molar-refractivity contribution is -0.0436. The molecule has 0 aromatic heterocycles. The summed E-state index contributed by atoms with van der Waals surface area (Å²) >= 11 is 1.81. The van der Waals surface area contributed by atoms with Crippen LogP contribution >= 0.6 is 11.8 Å². The lowest BCUT2D eigenvalue weighted by atomic mass is 9.84. The quantitative estimate of drug-likeness (QED) is 0.829. The van der Waals surface area contributed by atoms with Crippen molar-refractivity contribution in [1.29, 1.82) is 0 Å². The molecule has 0 bridgehead atoms. The topological polar surface area (TPSA) is 34.1 Å². The highest BCUT2D eigenvalue weighted by molar-refractivity contribution is 7.99. The highest BCUT2D eigenvalue weighted by atomic mass is 32.2. The molecule has 1 aliphatic carbocycles. The molecule has 2 nitrogen and oxygen atoms in total. The van der Waals surface area contributed by atoms with Crippen molar-refractivity contribution < 1.29 is 21.6 Å². The van der Waals surface area contributed by atoms with E-state index in [1.807, 2.05) is 17.8 Å². The van der Waals surface area contributed by atoms with Gasteiger partial charge in [-0.25, -0.2) is 8.42 Å². The number of alkyl halides is 3. The summed E-state index contributed by atoms with van der Waals surface area (Å²) in [5, 5.41) is 0.650. The Morgan fingerprint density at radius 2 is 1.95 bits per heavy atom. The maximum atomic E-state index is 12.5. The van der Waals surface area contributed by atoms with E-state index in [2.05, 4.69) is 6.26 Å². The molecule has 1 saturated carbocycles. The summed E-state index contributed by atoms with van der Waals surface area (Å²) < 4.78 is 60.2. The van der Waals surface area contributed by atoms with Crippen LogP contribution in [0.3, 0.4) is 0 Å². The molecule has 1 fully saturated rings. The number of sulfone groups is 1. The van der Waals surface area contributed by atoms with E-state index in [1.54, 1.807) is 12.1 Å². The zero-order valence-electron chi connectivity index (χ0n) is 11.3. The predicted octanol–water partition coefficient (Wildman–Crippen LogP) is 4.13. The first-order valence-electron chi connectivity index (χ1n) is 6.36. The van der Waals surface area contributed by atoms with E-state index in [0.29, 0.717) is 16.7 Å². The highest BCUT2D eigenvalue weighted by Crippen LogP contribution is 2.37. The Bertz CT molecular complexity index is 630. The molecule has 7 heteroatoms. The van der Waals surface area contributed by atoms with Gasteiger partial charge in [-0.2, -0.15) is 24.9 Å². The van der Waals surface area contributed by atoms with Crippen LogP contribution < -0.4 is 0 Å². The standard InChI is InChI=1S/C14H15F3O2S2/c1-20-12-7-11(8-12)6-5-10-3-2-4-13(9-10)21(18,19)14(15,16)17/h2-6,9,11-12H,7-8H2,1H3/b6-5+. The molecule has 0 saturated heterocycles. The average Bonchev–Trinajstić information content (AvgIpc) is 2.36. The van der Waals surface area contributed by atoms with Gasteiger partial charge in [0.15, 0.2) is 0 Å². The lowest BCUT2D eigenvalue weighted by Crippen LogP contribution is -2.23. The molecule has 0 heterocycles. The third-order valence-electron chi connectivity index (χ3n) is 3.50. The van der Waals surface area contributed by atoms with Crippen LogP contribution in [0.2, 0.25) is 0 Å². The monoisotopic (exact) mass is 336 g/mol. The minimum absolute atomic E-state index is 0.422. The second-order valence-electron chi connectivity index (χ2n) is 4.97. The van der Waals surface area contributed by atoms with Crippen molar-refractivity contribution in [3.63, 3.8) is 0 Å². The third-order valence-corrected chi connectivity index (χ3v) is 6.03. The van der Waals surface area contributed by atoms with Gasteiger partial charge in [-0.3, -0.25) is 0 Å². The maximum Gasteiger partial charge on any atom is 0.501 e. The zero-order valence-corrected chi connectivity index (χ0v) is 12.9. The molecule has 0 radical (unpaired) electrons. The van der Waals surface area contributed by atoms with E-state index in [0.717, 1.165) is 25.0 Å². The summed E-state index contributed by atoms with van der Waals surface area (Å²) in [6, 6.07) is 4.94. The van der Waals surface area contributed by atoms with Gasteiger partial charge < -0.3 is 0 Å². The van der Waals surface area contributed by atoms with Gasteiger partial charge in [0.25, 0.3) is 9.84 Å². The van der Waals surface area contributed by atoms with Crippen LogP contribution in [0.25, 0.3) is 6.08 Å². The van der Waals surface area contributed by atoms with Gasteiger partial charge in [0, 0.05) is 5.25 Å². The van der Waals surface area contributed by atoms with Crippen LogP contribution in [0.15, 0.2) is 35.2 Å². The van der Waals surface area contributed by atoms with Crippen molar-refractivity contribution in [2.45, 2.75) is 28.5 Å². The number of halogens is 3. The highest BCUT2D eigenvalue weighted by Gasteiger charge is 2.46. The van der Waals surface area contributed by atoms with Crippen LogP contribution in [0.1, 0.15) is 18.4 Å². The molecular formula is C14H15F3O2S2. The first kappa shape index (κ1) is 16.4. The summed E-state index contributed by atoms with van der Waals surface area (Å²) in [4.78, 5) is -0.715. The van der Waals surface area contributed by atoms with Crippen molar-refractivity contribution in [2.75, 3.05) is 6.26 Å². The largest absolute Gasteiger partial charge is 0.501 e. The molecule has 0 N–H and O–H groups in total. The number of allylic oxidation sites excluding steroid dienone is 1. The number of thioether (sulfide) groups is 1. The van der Waals surface area contributed by atoms with Crippen LogP contribution in [0.5, 0.6) is 0 Å². The third kappa shape index (κ3) is 3.63. The fourth-order valence-corrected chi connectivity index (χ4v) is 3.82. The van der Waals surface area contributed by atoms with Crippen LogP contribution in [0.4, 0.5) is 13.2 Å². The Morgan fingerprint density at radius 1 is 1.29 bits per heavy atom. The minimum Gasteiger partial charge on any atom is -0.214 e. The molecule has 0 spiro atoms. The van der Waals surface area contributed by atoms with Crippen LogP contribution in [0, 0.1) is 5.92 Å². The smallest absolute Gasteiger partial charge is 0.214 e. The van der Waals surface area contributed by atoms with Gasteiger partial charge in [0.05, 0.1) is 4.90 Å². The van der Waals surface area contributed by atoms with E-state index in [9.17, 15) is 21.6 Å². The second-order valence-corrected chi connectivity index (χ2v) is 8.05. The zero-order chi connectivity index (χ0) is 15.7. The molecule has 1 aromatic carbocycles. The fraction of sp³-hybridized carbons (Fsp3) is 0.429. The van der Waals surface area contributed by atoms with E-state index in [-0.39, 0.29) is 0 Å². The van der Waals surface area contributed by atoms with E-state index >= 15 is 0 Å². The number of hydrogen-bond donors (Lipinski definition) is 0. The van der Waals surface area contributed by atoms with Gasteiger partial charge in [-0.15, -0.1) is 0 Å². The van der Waals surface area contributed by atoms with E-state index in [4.69, 9.17) is 0 Å². The molecular weight excluding hydrogens is 321 g/mol. The Morgan fingerprint density at radius 3 is 2.52 bits per heavy atom. The first-order chi connectivity index (χ1) is 9.74. The Balaban J connectivity index is 2.14. The summed E-state index contributed by atoms with van der Waals surface area (Å²) in [5.41, 5.74) is -4.80.